The van der Waals surface area contributed by atoms with Gasteiger partial charge in [0.1, 0.15) is 5.82 Å². The van der Waals surface area contributed by atoms with Crippen LogP contribution in [0.4, 0.5) is 5.82 Å². The molecule has 0 aliphatic rings. The number of rotatable bonds is 3. The lowest BCUT2D eigenvalue weighted by molar-refractivity contribution is 0.0690. The third-order valence-electron chi connectivity index (χ3n) is 2.21. The molecule has 2 rings (SSSR count). The summed E-state index contributed by atoms with van der Waals surface area (Å²) in [4.78, 5) is 15.0. The number of carboxylic acid groups (broad SMARTS) is 1. The van der Waals surface area contributed by atoms with E-state index in [1.165, 1.54) is 6.20 Å². The van der Waals surface area contributed by atoms with Crippen molar-refractivity contribution in [2.24, 2.45) is 0 Å². The van der Waals surface area contributed by atoms with Crippen LogP contribution < -0.4 is 5.32 Å². The van der Waals surface area contributed by atoms with Crippen LogP contribution in [0, 0.1) is 6.92 Å². The van der Waals surface area contributed by atoms with E-state index < -0.39 is 5.97 Å². The molecule has 0 saturated carbocycles. The lowest BCUT2D eigenvalue weighted by Gasteiger charge is -2.10. The number of anilines is 1. The lowest BCUT2D eigenvalue weighted by atomic mass is 10.4. The number of carboxylic acids is 1. The van der Waals surface area contributed by atoms with Crippen LogP contribution in [0.5, 0.6) is 0 Å². The van der Waals surface area contributed by atoms with Crippen molar-refractivity contribution in [2.75, 3.05) is 5.32 Å². The molecule has 2 N–H and O–H groups in total. The predicted octanol–water partition coefficient (Wildman–Crippen LogP) is 0.951. The molecule has 0 bridgehead atoms. The van der Waals surface area contributed by atoms with Crippen LogP contribution in [0.2, 0.25) is 0 Å². The predicted molar refractivity (Wildman–Crippen MR) is 61.2 cm³/mol. The van der Waals surface area contributed by atoms with Crippen LogP contribution in [0.1, 0.15) is 30.2 Å². The van der Waals surface area contributed by atoms with Gasteiger partial charge in [0.25, 0.3) is 0 Å². The summed E-state index contributed by atoms with van der Waals surface area (Å²) in [6.45, 7) is 5.63. The highest BCUT2D eigenvalue weighted by Crippen LogP contribution is 2.15. The van der Waals surface area contributed by atoms with Crippen molar-refractivity contribution in [1.82, 2.24) is 19.6 Å². The fourth-order valence-electron chi connectivity index (χ4n) is 1.48. The molecule has 0 aliphatic heterocycles. The van der Waals surface area contributed by atoms with E-state index in [0.29, 0.717) is 17.3 Å². The maximum absolute atomic E-state index is 11.0. The fraction of sp³-hybridized carbons (Fsp3) is 0.400. The van der Waals surface area contributed by atoms with Gasteiger partial charge in [0, 0.05) is 12.2 Å². The van der Waals surface area contributed by atoms with Crippen molar-refractivity contribution in [3.05, 3.63) is 17.7 Å². The Morgan fingerprint density at radius 2 is 2.18 bits per heavy atom. The first-order valence-corrected chi connectivity index (χ1v) is 5.21. The van der Waals surface area contributed by atoms with Gasteiger partial charge in [0.05, 0.1) is 0 Å². The van der Waals surface area contributed by atoms with Gasteiger partial charge in [-0.1, -0.05) is 0 Å². The summed E-state index contributed by atoms with van der Waals surface area (Å²) in [5, 5.41) is 19.9. The monoisotopic (exact) mass is 235 g/mol. The van der Waals surface area contributed by atoms with Gasteiger partial charge in [-0.3, -0.25) is 4.40 Å². The van der Waals surface area contributed by atoms with Crippen LogP contribution in [-0.4, -0.2) is 36.7 Å². The zero-order valence-corrected chi connectivity index (χ0v) is 9.80. The number of hydrogen-bond acceptors (Lipinski definition) is 5. The summed E-state index contributed by atoms with van der Waals surface area (Å²) in [5.74, 6) is -0.0241. The highest BCUT2D eigenvalue weighted by molar-refractivity contribution is 5.86. The fourth-order valence-corrected chi connectivity index (χ4v) is 1.48. The highest BCUT2D eigenvalue weighted by Gasteiger charge is 2.14. The summed E-state index contributed by atoms with van der Waals surface area (Å²) < 4.78 is 1.61. The normalized spacial score (nSPS) is 11.1. The minimum Gasteiger partial charge on any atom is -0.476 e. The molecule has 0 aromatic carbocycles. The number of nitrogens with one attached hydrogen (secondary N) is 1. The molecular formula is C10H13N5O2. The van der Waals surface area contributed by atoms with Crippen LogP contribution in [0.3, 0.4) is 0 Å². The van der Waals surface area contributed by atoms with E-state index in [-0.39, 0.29) is 11.7 Å². The minimum absolute atomic E-state index is 0.0384. The second-order valence-electron chi connectivity index (χ2n) is 4.02. The average molecular weight is 235 g/mol. The summed E-state index contributed by atoms with van der Waals surface area (Å²) in [6, 6.07) is 0.132. The number of aryl methyl sites for hydroxylation is 1. The highest BCUT2D eigenvalue weighted by atomic mass is 16.4. The first-order valence-electron chi connectivity index (χ1n) is 5.21. The number of hydrogen-bond donors (Lipinski definition) is 2. The zero-order valence-electron chi connectivity index (χ0n) is 9.80. The Hall–Kier alpha value is -2.18. The molecule has 0 saturated heterocycles. The molecule has 0 aliphatic carbocycles. The van der Waals surface area contributed by atoms with E-state index in [2.05, 4.69) is 20.5 Å². The SMILES string of the molecule is Cc1nnc2c(NC(C)C)nc(C(=O)O)cn12. The van der Waals surface area contributed by atoms with E-state index in [1.807, 2.05) is 13.8 Å². The summed E-state index contributed by atoms with van der Waals surface area (Å²) in [5.41, 5.74) is 0.491. The molecule has 90 valence electrons. The van der Waals surface area contributed by atoms with Gasteiger partial charge >= 0.3 is 5.97 Å². The number of aromatic carboxylic acids is 1. The Morgan fingerprint density at radius 3 is 2.76 bits per heavy atom. The standard InChI is InChI=1S/C10H13N5O2/c1-5(2)11-8-9-14-13-6(3)15(9)4-7(12-8)10(16)17/h4-5H,1-3H3,(H,11,12)(H,16,17). The maximum atomic E-state index is 11.0. The summed E-state index contributed by atoms with van der Waals surface area (Å²) >= 11 is 0. The van der Waals surface area contributed by atoms with Gasteiger partial charge in [-0.15, -0.1) is 10.2 Å². The molecule has 0 atom stereocenters. The topological polar surface area (TPSA) is 92.4 Å². The molecule has 7 nitrogen and oxygen atoms in total. The molecule has 0 radical (unpaired) electrons. The van der Waals surface area contributed by atoms with Gasteiger partial charge in [-0.2, -0.15) is 0 Å². The molecule has 2 heterocycles. The first-order chi connectivity index (χ1) is 7.99. The molecule has 17 heavy (non-hydrogen) atoms. The van der Waals surface area contributed by atoms with E-state index in [1.54, 1.807) is 11.3 Å². The zero-order chi connectivity index (χ0) is 12.6. The third kappa shape index (κ3) is 2.03. The second-order valence-corrected chi connectivity index (χ2v) is 4.02. The Balaban J connectivity index is 2.66. The number of carbonyl (C=O) groups is 1. The lowest BCUT2D eigenvalue weighted by Crippen LogP contribution is -2.15. The Kier molecular flexibility index (Phi) is 2.66. The molecule has 2 aromatic rings. The third-order valence-corrected chi connectivity index (χ3v) is 2.21. The van der Waals surface area contributed by atoms with Crippen molar-refractivity contribution in [1.29, 1.82) is 0 Å². The van der Waals surface area contributed by atoms with Gasteiger partial charge in [-0.25, -0.2) is 9.78 Å². The van der Waals surface area contributed by atoms with Crippen molar-refractivity contribution in [3.8, 4) is 0 Å². The van der Waals surface area contributed by atoms with Crippen molar-refractivity contribution in [3.63, 3.8) is 0 Å². The minimum atomic E-state index is -1.08. The van der Waals surface area contributed by atoms with Gasteiger partial charge < -0.3 is 10.4 Å². The van der Waals surface area contributed by atoms with Crippen LogP contribution in [0.15, 0.2) is 6.20 Å². The molecule has 0 spiro atoms. The molecule has 2 aromatic heterocycles. The molecular weight excluding hydrogens is 222 g/mol. The Bertz CT molecular complexity index is 575. The van der Waals surface area contributed by atoms with Crippen molar-refractivity contribution >= 4 is 17.4 Å². The largest absolute Gasteiger partial charge is 0.476 e. The average Bonchev–Trinajstić information content (AvgIpc) is 2.60. The quantitative estimate of drug-likeness (QED) is 0.822. The first kappa shape index (κ1) is 11.3. The molecule has 0 unspecified atom stereocenters. The Morgan fingerprint density at radius 1 is 1.47 bits per heavy atom. The van der Waals surface area contributed by atoms with Crippen molar-refractivity contribution < 1.29 is 9.90 Å². The van der Waals surface area contributed by atoms with Crippen LogP contribution in [0.25, 0.3) is 5.65 Å². The van der Waals surface area contributed by atoms with Gasteiger partial charge in [0.2, 0.25) is 5.65 Å². The van der Waals surface area contributed by atoms with E-state index in [0.717, 1.165) is 0 Å². The van der Waals surface area contributed by atoms with Gasteiger partial charge in [0.15, 0.2) is 11.5 Å². The van der Waals surface area contributed by atoms with E-state index in [4.69, 9.17) is 5.11 Å². The summed E-state index contributed by atoms with van der Waals surface area (Å²) in [7, 11) is 0. The number of nitrogens with zero attached hydrogens (tertiary/aromatic N) is 4. The smallest absolute Gasteiger partial charge is 0.356 e. The van der Waals surface area contributed by atoms with E-state index >= 15 is 0 Å². The molecule has 0 fully saturated rings. The second kappa shape index (κ2) is 4.00. The van der Waals surface area contributed by atoms with E-state index in [9.17, 15) is 4.79 Å². The molecule has 7 heteroatoms. The van der Waals surface area contributed by atoms with Crippen molar-refractivity contribution in [2.45, 2.75) is 26.8 Å². The maximum Gasteiger partial charge on any atom is 0.356 e. The van der Waals surface area contributed by atoms with Crippen LogP contribution in [-0.2, 0) is 0 Å². The van der Waals surface area contributed by atoms with Crippen LogP contribution >= 0.6 is 0 Å². The number of aromatic nitrogens is 4. The number of fused-ring (bicyclic) bond motifs is 1. The molecule has 0 amide bonds. The summed E-state index contributed by atoms with van der Waals surface area (Å²) in [6.07, 6.45) is 1.42. The van der Waals surface area contributed by atoms with Gasteiger partial charge in [-0.05, 0) is 20.8 Å². The Labute approximate surface area is 97.5 Å².